The largest absolute Gasteiger partial charge is 0.296 e. The van der Waals surface area contributed by atoms with Gasteiger partial charge in [-0.1, -0.05) is 90.2 Å². The third-order valence-corrected chi connectivity index (χ3v) is 6.14. The summed E-state index contributed by atoms with van der Waals surface area (Å²) in [5, 5.41) is 7.20. The van der Waals surface area contributed by atoms with Crippen LogP contribution in [0, 0.1) is 0 Å². The highest BCUT2D eigenvalue weighted by Gasteiger charge is 2.22. The van der Waals surface area contributed by atoms with Crippen LogP contribution in [0.25, 0.3) is 16.9 Å². The van der Waals surface area contributed by atoms with Gasteiger partial charge in [0.2, 0.25) is 5.78 Å². The Labute approximate surface area is 204 Å². The molecule has 0 aliphatic carbocycles. The lowest BCUT2D eigenvalue weighted by Crippen LogP contribution is -2.24. The van der Waals surface area contributed by atoms with Gasteiger partial charge < -0.3 is 0 Å². The molecule has 5 aromatic rings. The molecule has 2 aromatic heterocycles. The molecule has 0 aliphatic rings. The van der Waals surface area contributed by atoms with Gasteiger partial charge in [0.15, 0.2) is 5.13 Å². The number of carbonyl (C=O) groups is 2. The van der Waals surface area contributed by atoms with Crippen molar-refractivity contribution < 1.29 is 9.59 Å². The Kier molecular flexibility index (Phi) is 6.11. The van der Waals surface area contributed by atoms with Crippen molar-refractivity contribution in [2.45, 2.75) is 0 Å². The molecule has 170 valence electrons. The standard InChI is InChI=1S/C27H18N4O3S/c32-22-17-16-21(30-31(22)20-14-8-3-9-15-20)26(34)29-27-28-23(18-10-4-1-5-11-18)25(35-27)24(33)19-12-6-2-7-13-19/h1-17H,(H,28,29,34). The molecule has 0 unspecified atom stereocenters. The summed E-state index contributed by atoms with van der Waals surface area (Å²) in [5.74, 6) is -0.722. The van der Waals surface area contributed by atoms with Crippen LogP contribution in [0.5, 0.6) is 0 Å². The molecule has 0 atom stereocenters. The second-order valence-corrected chi connectivity index (χ2v) is 8.52. The van der Waals surface area contributed by atoms with Gasteiger partial charge >= 0.3 is 0 Å². The average molecular weight is 479 g/mol. The number of anilines is 1. The van der Waals surface area contributed by atoms with E-state index in [1.165, 1.54) is 12.1 Å². The van der Waals surface area contributed by atoms with Crippen LogP contribution in [0.2, 0.25) is 0 Å². The second-order valence-electron chi connectivity index (χ2n) is 7.52. The van der Waals surface area contributed by atoms with Gasteiger partial charge in [0, 0.05) is 17.2 Å². The van der Waals surface area contributed by atoms with E-state index in [9.17, 15) is 14.4 Å². The summed E-state index contributed by atoms with van der Waals surface area (Å²) in [6, 6.07) is 29.7. The fraction of sp³-hybridized carbons (Fsp3) is 0. The summed E-state index contributed by atoms with van der Waals surface area (Å²) in [6.07, 6.45) is 0. The smallest absolute Gasteiger partial charge is 0.277 e. The third-order valence-electron chi connectivity index (χ3n) is 5.17. The first-order valence-corrected chi connectivity index (χ1v) is 11.5. The summed E-state index contributed by atoms with van der Waals surface area (Å²) in [7, 11) is 0. The van der Waals surface area contributed by atoms with Crippen molar-refractivity contribution in [1.29, 1.82) is 0 Å². The Balaban J connectivity index is 1.49. The molecular formula is C27H18N4O3S. The molecule has 1 N–H and O–H groups in total. The molecule has 0 saturated heterocycles. The maximum atomic E-state index is 13.3. The minimum atomic E-state index is -0.540. The molecule has 0 bridgehead atoms. The van der Waals surface area contributed by atoms with Gasteiger partial charge in [-0.05, 0) is 18.2 Å². The van der Waals surface area contributed by atoms with Gasteiger partial charge in [0.05, 0.1) is 11.4 Å². The third kappa shape index (κ3) is 4.68. The van der Waals surface area contributed by atoms with E-state index in [1.54, 1.807) is 48.5 Å². The predicted octanol–water partition coefficient (Wildman–Crippen LogP) is 4.84. The monoisotopic (exact) mass is 478 g/mol. The molecule has 3 aromatic carbocycles. The molecule has 0 radical (unpaired) electrons. The normalized spacial score (nSPS) is 10.6. The SMILES string of the molecule is O=C(Nc1nc(-c2ccccc2)c(C(=O)c2ccccc2)s1)c1ccc(=O)n(-c2ccccc2)n1. The van der Waals surface area contributed by atoms with E-state index in [4.69, 9.17) is 0 Å². The van der Waals surface area contributed by atoms with Crippen molar-refractivity contribution in [2.75, 3.05) is 5.32 Å². The summed E-state index contributed by atoms with van der Waals surface area (Å²) >= 11 is 1.10. The first-order chi connectivity index (χ1) is 17.1. The highest BCUT2D eigenvalue weighted by atomic mass is 32.1. The highest BCUT2D eigenvalue weighted by molar-refractivity contribution is 7.18. The van der Waals surface area contributed by atoms with Gasteiger partial charge in [0.25, 0.3) is 11.5 Å². The summed E-state index contributed by atoms with van der Waals surface area (Å²) in [4.78, 5) is 43.5. The van der Waals surface area contributed by atoms with Crippen LogP contribution in [-0.4, -0.2) is 26.5 Å². The first kappa shape index (κ1) is 22.1. The quantitative estimate of drug-likeness (QED) is 0.353. The number of thiazole rings is 1. The molecule has 0 aliphatic heterocycles. The number of carbonyl (C=O) groups excluding carboxylic acids is 2. The molecule has 7 nitrogen and oxygen atoms in total. The van der Waals surface area contributed by atoms with E-state index in [1.807, 2.05) is 42.5 Å². The van der Waals surface area contributed by atoms with Crippen LogP contribution < -0.4 is 10.9 Å². The first-order valence-electron chi connectivity index (χ1n) is 10.7. The van der Waals surface area contributed by atoms with Crippen molar-refractivity contribution in [1.82, 2.24) is 14.8 Å². The lowest BCUT2D eigenvalue weighted by Gasteiger charge is -2.06. The van der Waals surface area contributed by atoms with Crippen LogP contribution in [0.15, 0.2) is 108 Å². The number of rotatable bonds is 6. The Morgan fingerprint density at radius 2 is 1.40 bits per heavy atom. The zero-order chi connectivity index (χ0) is 24.2. The molecule has 1 amide bonds. The van der Waals surface area contributed by atoms with Crippen LogP contribution >= 0.6 is 11.3 Å². The van der Waals surface area contributed by atoms with Gasteiger partial charge in [-0.3, -0.25) is 19.7 Å². The summed E-state index contributed by atoms with van der Waals surface area (Å²) in [6.45, 7) is 0. The molecular weight excluding hydrogens is 460 g/mol. The number of amides is 1. The van der Waals surface area contributed by atoms with Gasteiger partial charge in [-0.25, -0.2) is 4.98 Å². The van der Waals surface area contributed by atoms with E-state index in [0.717, 1.165) is 21.6 Å². The van der Waals surface area contributed by atoms with E-state index < -0.39 is 5.91 Å². The van der Waals surface area contributed by atoms with E-state index in [2.05, 4.69) is 15.4 Å². The van der Waals surface area contributed by atoms with Crippen LogP contribution in [0.4, 0.5) is 5.13 Å². The van der Waals surface area contributed by atoms with Crippen molar-refractivity contribution in [3.05, 3.63) is 130 Å². The molecule has 0 saturated carbocycles. The molecule has 5 rings (SSSR count). The maximum absolute atomic E-state index is 13.3. The second kappa shape index (κ2) is 9.66. The summed E-state index contributed by atoms with van der Waals surface area (Å²) < 4.78 is 1.16. The van der Waals surface area contributed by atoms with E-state index in [0.29, 0.717) is 21.8 Å². The number of hydrogen-bond acceptors (Lipinski definition) is 6. The average Bonchev–Trinajstić information content (AvgIpc) is 3.33. The van der Waals surface area contributed by atoms with E-state index >= 15 is 0 Å². The number of nitrogens with one attached hydrogen (secondary N) is 1. The number of hydrogen-bond donors (Lipinski definition) is 1. The number of para-hydroxylation sites is 1. The van der Waals surface area contributed by atoms with Crippen molar-refractivity contribution in [3.8, 4) is 16.9 Å². The van der Waals surface area contributed by atoms with Crippen LogP contribution in [0.3, 0.4) is 0 Å². The topological polar surface area (TPSA) is 94.0 Å². The zero-order valence-corrected chi connectivity index (χ0v) is 19.1. The molecule has 35 heavy (non-hydrogen) atoms. The van der Waals surface area contributed by atoms with Gasteiger partial charge in [-0.15, -0.1) is 0 Å². The van der Waals surface area contributed by atoms with E-state index in [-0.39, 0.29) is 22.2 Å². The van der Waals surface area contributed by atoms with Crippen molar-refractivity contribution in [3.63, 3.8) is 0 Å². The number of aromatic nitrogens is 3. The summed E-state index contributed by atoms with van der Waals surface area (Å²) in [5.41, 5.74) is 2.01. The lowest BCUT2D eigenvalue weighted by molar-refractivity contribution is 0.101. The van der Waals surface area contributed by atoms with Crippen molar-refractivity contribution >= 4 is 28.2 Å². The minimum absolute atomic E-state index is 0.0425. The fourth-order valence-electron chi connectivity index (χ4n) is 3.49. The Morgan fingerprint density at radius 3 is 2.09 bits per heavy atom. The number of ketones is 1. The molecule has 2 heterocycles. The Morgan fingerprint density at radius 1 is 0.771 bits per heavy atom. The Hall–Kier alpha value is -4.69. The minimum Gasteiger partial charge on any atom is -0.296 e. The van der Waals surface area contributed by atoms with Gasteiger partial charge in [0.1, 0.15) is 10.6 Å². The predicted molar refractivity (Wildman–Crippen MR) is 135 cm³/mol. The Bertz CT molecular complexity index is 1560. The van der Waals surface area contributed by atoms with Crippen LogP contribution in [-0.2, 0) is 0 Å². The molecule has 8 heteroatoms. The highest BCUT2D eigenvalue weighted by Crippen LogP contribution is 2.33. The fourth-order valence-corrected chi connectivity index (χ4v) is 4.43. The number of benzene rings is 3. The maximum Gasteiger partial charge on any atom is 0.277 e. The number of nitrogens with zero attached hydrogens (tertiary/aromatic N) is 3. The molecule has 0 spiro atoms. The van der Waals surface area contributed by atoms with Gasteiger partial charge in [-0.2, -0.15) is 9.78 Å². The van der Waals surface area contributed by atoms with Crippen molar-refractivity contribution in [2.24, 2.45) is 0 Å². The lowest BCUT2D eigenvalue weighted by atomic mass is 10.1. The van der Waals surface area contributed by atoms with Crippen LogP contribution in [0.1, 0.15) is 25.7 Å². The zero-order valence-electron chi connectivity index (χ0n) is 18.3. The molecule has 0 fully saturated rings.